The highest BCUT2D eigenvalue weighted by Crippen LogP contribution is 2.11. The lowest BCUT2D eigenvalue weighted by molar-refractivity contribution is 0.0449. The summed E-state index contributed by atoms with van der Waals surface area (Å²) in [5.41, 5.74) is 0.383. The Morgan fingerprint density at radius 2 is 2.11 bits per heavy atom. The number of carbonyl (C=O) groups is 1. The molecule has 19 heavy (non-hydrogen) atoms. The van der Waals surface area contributed by atoms with Gasteiger partial charge in [0, 0.05) is 18.5 Å². The van der Waals surface area contributed by atoms with Crippen molar-refractivity contribution in [2.24, 2.45) is 0 Å². The highest BCUT2D eigenvalue weighted by atomic mass is 19.1. The molecule has 0 atom stereocenters. The summed E-state index contributed by atoms with van der Waals surface area (Å²) in [5.74, 6) is -0.432. The zero-order valence-electron chi connectivity index (χ0n) is 10.1. The quantitative estimate of drug-likeness (QED) is 0.612. The van der Waals surface area contributed by atoms with E-state index in [9.17, 15) is 9.18 Å². The molecule has 0 fully saturated rings. The Morgan fingerprint density at radius 1 is 1.21 bits per heavy atom. The van der Waals surface area contributed by atoms with Crippen molar-refractivity contribution in [1.82, 2.24) is 4.98 Å². The number of benzene rings is 1. The van der Waals surface area contributed by atoms with Crippen molar-refractivity contribution in [1.29, 1.82) is 0 Å². The lowest BCUT2D eigenvalue weighted by atomic mass is 10.3. The highest BCUT2D eigenvalue weighted by Gasteiger charge is 2.06. The Balaban J connectivity index is 1.74. The molecule has 0 amide bonds. The van der Waals surface area contributed by atoms with Crippen molar-refractivity contribution in [3.8, 4) is 5.75 Å². The minimum atomic E-state index is -0.462. The zero-order valence-corrected chi connectivity index (χ0v) is 10.1. The number of carbonyl (C=O) groups excluding carboxylic acids is 1. The van der Waals surface area contributed by atoms with Crippen LogP contribution >= 0.6 is 0 Å². The molecule has 0 saturated heterocycles. The number of halogens is 1. The maximum absolute atomic E-state index is 12.9. The molecule has 2 aromatic rings. The summed E-state index contributed by atoms with van der Waals surface area (Å²) in [6.07, 6.45) is 3.00. The van der Waals surface area contributed by atoms with Gasteiger partial charge >= 0.3 is 5.97 Å². The molecule has 0 saturated carbocycles. The van der Waals surface area contributed by atoms with Gasteiger partial charge in [-0.3, -0.25) is 4.98 Å². The van der Waals surface area contributed by atoms with E-state index in [0.717, 1.165) is 0 Å². The fraction of sp³-hybridized carbons (Fsp3) is 0.143. The molecule has 1 aromatic carbocycles. The van der Waals surface area contributed by atoms with Crippen molar-refractivity contribution < 1.29 is 18.7 Å². The predicted octanol–water partition coefficient (Wildman–Crippen LogP) is 2.46. The number of hydrogen-bond donors (Lipinski definition) is 0. The van der Waals surface area contributed by atoms with Crippen LogP contribution in [0.1, 0.15) is 10.4 Å². The van der Waals surface area contributed by atoms with Gasteiger partial charge in [-0.1, -0.05) is 6.07 Å². The SMILES string of the molecule is O=C(OCCOc1cccc(F)c1)c1cccnc1. The van der Waals surface area contributed by atoms with Crippen LogP contribution in [-0.2, 0) is 4.74 Å². The first-order chi connectivity index (χ1) is 9.25. The van der Waals surface area contributed by atoms with Crippen LogP contribution in [0, 0.1) is 5.82 Å². The van der Waals surface area contributed by atoms with Crippen molar-refractivity contribution in [3.63, 3.8) is 0 Å². The van der Waals surface area contributed by atoms with E-state index in [1.807, 2.05) is 0 Å². The third-order valence-electron chi connectivity index (χ3n) is 2.28. The monoisotopic (exact) mass is 261 g/mol. The summed E-state index contributed by atoms with van der Waals surface area (Å²) < 4.78 is 23.1. The van der Waals surface area contributed by atoms with Crippen LogP contribution in [0.2, 0.25) is 0 Å². The minimum absolute atomic E-state index is 0.0875. The molecule has 0 aliphatic rings. The number of hydrogen-bond acceptors (Lipinski definition) is 4. The second kappa shape index (κ2) is 6.49. The molecule has 1 aromatic heterocycles. The van der Waals surface area contributed by atoms with Crippen molar-refractivity contribution in [2.45, 2.75) is 0 Å². The molecule has 0 unspecified atom stereocenters. The van der Waals surface area contributed by atoms with Crippen LogP contribution in [-0.4, -0.2) is 24.2 Å². The third kappa shape index (κ3) is 4.06. The largest absolute Gasteiger partial charge is 0.490 e. The molecular formula is C14H12FNO3. The Kier molecular flexibility index (Phi) is 4.44. The van der Waals surface area contributed by atoms with Crippen LogP contribution in [0.5, 0.6) is 5.75 Å². The number of aromatic nitrogens is 1. The molecule has 0 spiro atoms. The molecule has 98 valence electrons. The average Bonchev–Trinajstić information content (AvgIpc) is 2.44. The molecule has 0 aliphatic carbocycles. The van der Waals surface area contributed by atoms with E-state index < -0.39 is 5.97 Å². The molecule has 0 radical (unpaired) electrons. The van der Waals surface area contributed by atoms with E-state index in [2.05, 4.69) is 4.98 Å². The molecule has 0 bridgehead atoms. The average molecular weight is 261 g/mol. The second-order valence-corrected chi connectivity index (χ2v) is 3.68. The van der Waals surface area contributed by atoms with Gasteiger partial charge in [-0.15, -0.1) is 0 Å². The number of nitrogens with zero attached hydrogens (tertiary/aromatic N) is 1. The van der Waals surface area contributed by atoms with E-state index in [0.29, 0.717) is 11.3 Å². The summed E-state index contributed by atoms with van der Waals surface area (Å²) in [5, 5.41) is 0. The second-order valence-electron chi connectivity index (χ2n) is 3.68. The molecule has 4 nitrogen and oxygen atoms in total. The lowest BCUT2D eigenvalue weighted by Gasteiger charge is -2.07. The van der Waals surface area contributed by atoms with Crippen LogP contribution < -0.4 is 4.74 Å². The Bertz CT molecular complexity index is 545. The first kappa shape index (κ1) is 13.0. The molecule has 1 heterocycles. The van der Waals surface area contributed by atoms with E-state index >= 15 is 0 Å². The minimum Gasteiger partial charge on any atom is -0.490 e. The fourth-order valence-electron chi connectivity index (χ4n) is 1.42. The van der Waals surface area contributed by atoms with Crippen LogP contribution in [0.4, 0.5) is 4.39 Å². The summed E-state index contributed by atoms with van der Waals surface area (Å²) >= 11 is 0. The summed E-state index contributed by atoms with van der Waals surface area (Å²) in [6.45, 7) is 0.250. The number of rotatable bonds is 5. The highest BCUT2D eigenvalue weighted by molar-refractivity contribution is 5.88. The van der Waals surface area contributed by atoms with Gasteiger partial charge in [0.05, 0.1) is 5.56 Å². The Hall–Kier alpha value is -2.43. The summed E-state index contributed by atoms with van der Waals surface area (Å²) in [6, 6.07) is 9.04. The summed E-state index contributed by atoms with van der Waals surface area (Å²) in [4.78, 5) is 15.3. The van der Waals surface area contributed by atoms with Gasteiger partial charge in [0.25, 0.3) is 0 Å². The van der Waals surface area contributed by atoms with Gasteiger partial charge in [-0.2, -0.15) is 0 Å². The van der Waals surface area contributed by atoms with E-state index in [-0.39, 0.29) is 19.0 Å². The van der Waals surface area contributed by atoms with Crippen LogP contribution in [0.15, 0.2) is 48.8 Å². The van der Waals surface area contributed by atoms with Gasteiger partial charge in [-0.05, 0) is 24.3 Å². The van der Waals surface area contributed by atoms with E-state index in [4.69, 9.17) is 9.47 Å². The summed E-state index contributed by atoms with van der Waals surface area (Å²) in [7, 11) is 0. The molecule has 0 N–H and O–H groups in total. The molecular weight excluding hydrogens is 249 g/mol. The first-order valence-corrected chi connectivity index (χ1v) is 5.71. The maximum atomic E-state index is 12.9. The maximum Gasteiger partial charge on any atom is 0.339 e. The zero-order chi connectivity index (χ0) is 13.5. The topological polar surface area (TPSA) is 48.4 Å². The fourth-order valence-corrected chi connectivity index (χ4v) is 1.42. The van der Waals surface area contributed by atoms with Gasteiger partial charge < -0.3 is 9.47 Å². The van der Waals surface area contributed by atoms with Crippen molar-refractivity contribution >= 4 is 5.97 Å². The number of ether oxygens (including phenoxy) is 2. The van der Waals surface area contributed by atoms with Gasteiger partial charge in [0.15, 0.2) is 0 Å². The Morgan fingerprint density at radius 3 is 2.84 bits per heavy atom. The molecule has 5 heteroatoms. The van der Waals surface area contributed by atoms with Crippen molar-refractivity contribution in [2.75, 3.05) is 13.2 Å². The van der Waals surface area contributed by atoms with Gasteiger partial charge in [-0.25, -0.2) is 9.18 Å². The van der Waals surface area contributed by atoms with Crippen LogP contribution in [0.3, 0.4) is 0 Å². The number of pyridine rings is 1. The van der Waals surface area contributed by atoms with E-state index in [1.165, 1.54) is 18.3 Å². The smallest absolute Gasteiger partial charge is 0.339 e. The van der Waals surface area contributed by atoms with Gasteiger partial charge in [0.2, 0.25) is 0 Å². The van der Waals surface area contributed by atoms with Crippen LogP contribution in [0.25, 0.3) is 0 Å². The van der Waals surface area contributed by atoms with E-state index in [1.54, 1.807) is 30.5 Å². The Labute approximate surface area is 109 Å². The van der Waals surface area contributed by atoms with Crippen molar-refractivity contribution in [3.05, 3.63) is 60.2 Å². The normalized spacial score (nSPS) is 9.95. The standard InChI is InChI=1S/C14H12FNO3/c15-12-4-1-5-13(9-12)18-7-8-19-14(17)11-3-2-6-16-10-11/h1-6,9-10H,7-8H2. The predicted molar refractivity (Wildman–Crippen MR) is 66.4 cm³/mol. The lowest BCUT2D eigenvalue weighted by Crippen LogP contribution is -2.12. The molecule has 0 aliphatic heterocycles. The first-order valence-electron chi connectivity index (χ1n) is 5.71. The third-order valence-corrected chi connectivity index (χ3v) is 2.28. The molecule has 2 rings (SSSR count). The van der Waals surface area contributed by atoms with Gasteiger partial charge in [0.1, 0.15) is 24.8 Å². The number of esters is 1.